The Kier molecular flexibility index (Phi) is 6.93. The Morgan fingerprint density at radius 2 is 2.02 bits per heavy atom. The van der Waals surface area contributed by atoms with Crippen LogP contribution in [0.4, 0.5) is 0 Å². The highest BCUT2D eigenvalue weighted by molar-refractivity contribution is 5.86. The Morgan fingerprint density at radius 1 is 1.20 bits per heavy atom. The maximum atomic E-state index is 12.8. The molecule has 4 aromatic rings. The van der Waals surface area contributed by atoms with Gasteiger partial charge in [0.05, 0.1) is 20.6 Å². The van der Waals surface area contributed by atoms with Crippen LogP contribution in [0.2, 0.25) is 0 Å². The molecule has 2 unspecified atom stereocenters. The van der Waals surface area contributed by atoms with Crippen LogP contribution in [0.15, 0.2) is 42.6 Å². The lowest BCUT2D eigenvalue weighted by Gasteiger charge is -2.34. The van der Waals surface area contributed by atoms with Gasteiger partial charge in [-0.2, -0.15) is 0 Å². The molecule has 0 fully saturated rings. The fourth-order valence-corrected chi connectivity index (χ4v) is 6.62. The van der Waals surface area contributed by atoms with Gasteiger partial charge in [0.2, 0.25) is 5.88 Å². The number of hydrogen-bond donors (Lipinski definition) is 0. The molecule has 0 saturated carbocycles. The number of pyridine rings is 1. The van der Waals surface area contributed by atoms with E-state index < -0.39 is 0 Å². The van der Waals surface area contributed by atoms with Crippen molar-refractivity contribution in [3.63, 3.8) is 0 Å². The third-order valence-corrected chi connectivity index (χ3v) is 8.57. The summed E-state index contributed by atoms with van der Waals surface area (Å²) < 4.78 is 19.0. The number of esters is 1. The molecule has 0 spiro atoms. The number of methoxy groups -OCH3 is 2. The van der Waals surface area contributed by atoms with Crippen molar-refractivity contribution in [3.05, 3.63) is 76.0 Å². The number of fused-ring (bicyclic) bond motifs is 3. The van der Waals surface area contributed by atoms with Gasteiger partial charge < -0.3 is 14.2 Å². The van der Waals surface area contributed by atoms with E-state index in [1.807, 2.05) is 26.1 Å². The zero-order chi connectivity index (χ0) is 28.9. The highest BCUT2D eigenvalue weighted by Gasteiger charge is 2.37. The van der Waals surface area contributed by atoms with Crippen LogP contribution in [0.25, 0.3) is 11.0 Å². The van der Waals surface area contributed by atoms with Crippen molar-refractivity contribution in [1.29, 1.82) is 0 Å². The number of aromatic nitrogens is 4. The Labute approximate surface area is 240 Å². The minimum absolute atomic E-state index is 0.208. The molecule has 2 aliphatic rings. The quantitative estimate of drug-likeness (QED) is 0.306. The number of rotatable bonds is 6. The van der Waals surface area contributed by atoms with Crippen molar-refractivity contribution in [2.24, 2.45) is 7.05 Å². The van der Waals surface area contributed by atoms with Gasteiger partial charge >= 0.3 is 5.97 Å². The first-order chi connectivity index (χ1) is 19.7. The number of benzene rings is 2. The minimum Gasteiger partial charge on any atom is -0.494 e. The molecule has 1 aliphatic heterocycles. The summed E-state index contributed by atoms with van der Waals surface area (Å²) >= 11 is 0. The molecular formula is C32H37N5O4. The molecule has 41 heavy (non-hydrogen) atoms. The molecule has 9 nitrogen and oxygen atoms in total. The molecule has 1 aliphatic carbocycles. The highest BCUT2D eigenvalue weighted by Crippen LogP contribution is 2.43. The number of carbonyl (C=O) groups excluding carboxylic acids is 1. The van der Waals surface area contributed by atoms with E-state index in [1.54, 1.807) is 18.0 Å². The van der Waals surface area contributed by atoms with Crippen LogP contribution >= 0.6 is 0 Å². The lowest BCUT2D eigenvalue weighted by atomic mass is 9.84. The first-order valence-corrected chi connectivity index (χ1v) is 14.1. The Morgan fingerprint density at radius 3 is 2.80 bits per heavy atom. The van der Waals surface area contributed by atoms with E-state index in [2.05, 4.69) is 58.3 Å². The van der Waals surface area contributed by atoms with Gasteiger partial charge in [-0.05, 0) is 73.6 Å². The first-order valence-electron chi connectivity index (χ1n) is 14.1. The van der Waals surface area contributed by atoms with Crippen LogP contribution in [0.5, 0.6) is 11.6 Å². The molecule has 0 amide bonds. The highest BCUT2D eigenvalue weighted by atomic mass is 16.5. The van der Waals surface area contributed by atoms with E-state index in [0.717, 1.165) is 59.2 Å². The van der Waals surface area contributed by atoms with Crippen LogP contribution in [-0.4, -0.2) is 57.2 Å². The van der Waals surface area contributed by atoms with E-state index in [9.17, 15) is 4.79 Å². The van der Waals surface area contributed by atoms with E-state index in [0.29, 0.717) is 11.6 Å². The predicted octanol–water partition coefficient (Wildman–Crippen LogP) is 5.04. The first kappa shape index (κ1) is 27.2. The second kappa shape index (κ2) is 10.4. The number of carbonyl (C=O) groups is 1. The standard InChI is InChI=1S/C32H37N5O4/c1-19-23(15-27(39-5)30-29(19)34-35-36(30)4)24(16-28(38)40-6)21-10-9-20-11-12-26(25(20)14-21)37-17-22-8-7-13-33-31(22)41-32(2,3)18-37/h7-10,13-15,24,26H,11-12,16-18H2,1-6H3. The fraction of sp³-hybridized carbons (Fsp3) is 0.438. The summed E-state index contributed by atoms with van der Waals surface area (Å²) in [4.78, 5) is 19.8. The summed E-state index contributed by atoms with van der Waals surface area (Å²) in [6.07, 6.45) is 4.04. The maximum absolute atomic E-state index is 12.8. The van der Waals surface area contributed by atoms with E-state index in [1.165, 1.54) is 18.2 Å². The molecule has 0 N–H and O–H groups in total. The average Bonchev–Trinajstić information content (AvgIpc) is 3.52. The van der Waals surface area contributed by atoms with Gasteiger partial charge in [0.1, 0.15) is 22.4 Å². The summed E-state index contributed by atoms with van der Waals surface area (Å²) in [6.45, 7) is 7.84. The molecule has 9 heteroatoms. The number of hydrogen-bond acceptors (Lipinski definition) is 8. The van der Waals surface area contributed by atoms with Crippen LogP contribution < -0.4 is 9.47 Å². The van der Waals surface area contributed by atoms with Gasteiger partial charge in [-0.15, -0.1) is 5.10 Å². The lowest BCUT2D eigenvalue weighted by Crippen LogP contribution is -2.41. The van der Waals surface area contributed by atoms with Crippen molar-refractivity contribution >= 4 is 17.0 Å². The second-order valence-corrected chi connectivity index (χ2v) is 11.8. The van der Waals surface area contributed by atoms with E-state index in [4.69, 9.17) is 14.2 Å². The second-order valence-electron chi connectivity index (χ2n) is 11.8. The van der Waals surface area contributed by atoms with Crippen molar-refractivity contribution in [2.45, 2.75) is 64.1 Å². The third kappa shape index (κ3) is 4.92. The topological polar surface area (TPSA) is 91.6 Å². The van der Waals surface area contributed by atoms with Crippen molar-refractivity contribution in [3.8, 4) is 11.6 Å². The third-order valence-electron chi connectivity index (χ3n) is 8.57. The van der Waals surface area contributed by atoms with Gasteiger partial charge in [-0.3, -0.25) is 9.69 Å². The smallest absolute Gasteiger partial charge is 0.306 e. The van der Waals surface area contributed by atoms with Gasteiger partial charge in [-0.25, -0.2) is 9.67 Å². The molecule has 2 aromatic carbocycles. The number of aryl methyl sites for hydroxylation is 3. The van der Waals surface area contributed by atoms with Crippen molar-refractivity contribution < 1.29 is 19.0 Å². The summed E-state index contributed by atoms with van der Waals surface area (Å²) in [5.41, 5.74) is 8.03. The Hall–Kier alpha value is -3.98. The van der Waals surface area contributed by atoms with E-state index in [-0.39, 0.29) is 30.0 Å². The zero-order valence-corrected chi connectivity index (χ0v) is 24.6. The maximum Gasteiger partial charge on any atom is 0.306 e. The SMILES string of the molecule is COC(=O)CC(c1ccc2c(c1)C(N1Cc3cccnc3OC(C)(C)C1)CC2)c1cc(OC)c2c(nnn2C)c1C. The van der Waals surface area contributed by atoms with E-state index >= 15 is 0 Å². The zero-order valence-electron chi connectivity index (χ0n) is 24.6. The molecule has 3 heterocycles. The summed E-state index contributed by atoms with van der Waals surface area (Å²) in [5, 5.41) is 8.66. The molecule has 6 rings (SSSR count). The molecule has 0 radical (unpaired) electrons. The minimum atomic E-state index is -0.382. The van der Waals surface area contributed by atoms with Crippen LogP contribution in [0.1, 0.15) is 72.0 Å². The fourth-order valence-electron chi connectivity index (χ4n) is 6.62. The molecule has 0 bridgehead atoms. The normalized spacial score (nSPS) is 18.7. The molecule has 2 aromatic heterocycles. The Bertz CT molecular complexity index is 1630. The Balaban J connectivity index is 1.43. The molecule has 214 valence electrons. The largest absolute Gasteiger partial charge is 0.494 e. The number of ether oxygens (including phenoxy) is 3. The molecule has 0 saturated heterocycles. The van der Waals surface area contributed by atoms with Crippen molar-refractivity contribution in [1.82, 2.24) is 24.9 Å². The van der Waals surface area contributed by atoms with Gasteiger partial charge in [0, 0.05) is 43.9 Å². The van der Waals surface area contributed by atoms with Crippen molar-refractivity contribution in [2.75, 3.05) is 20.8 Å². The average molecular weight is 556 g/mol. The predicted molar refractivity (Wildman–Crippen MR) is 155 cm³/mol. The lowest BCUT2D eigenvalue weighted by molar-refractivity contribution is -0.140. The molecular weight excluding hydrogens is 518 g/mol. The van der Waals surface area contributed by atoms with Crippen LogP contribution in [0.3, 0.4) is 0 Å². The van der Waals surface area contributed by atoms with Gasteiger partial charge in [-0.1, -0.05) is 29.5 Å². The van der Waals surface area contributed by atoms with Gasteiger partial charge in [0.25, 0.3) is 0 Å². The summed E-state index contributed by atoms with van der Waals surface area (Å²) in [5.74, 6) is 0.901. The molecule has 2 atom stereocenters. The van der Waals surface area contributed by atoms with Crippen LogP contribution in [-0.2, 0) is 29.5 Å². The summed E-state index contributed by atoms with van der Waals surface area (Å²) in [6, 6.07) is 13.0. The summed E-state index contributed by atoms with van der Waals surface area (Å²) in [7, 11) is 4.94. The van der Waals surface area contributed by atoms with Crippen LogP contribution in [0, 0.1) is 6.92 Å². The monoisotopic (exact) mass is 555 g/mol. The number of nitrogens with zero attached hydrogens (tertiary/aromatic N) is 5. The van der Waals surface area contributed by atoms with Gasteiger partial charge in [0.15, 0.2) is 0 Å².